The van der Waals surface area contributed by atoms with Crippen molar-refractivity contribution in [1.29, 1.82) is 0 Å². The Morgan fingerprint density at radius 3 is 2.80 bits per heavy atom. The molecule has 1 heterocycles. The van der Waals surface area contributed by atoms with Crippen LogP contribution in [0.2, 0.25) is 0 Å². The Balaban J connectivity index is 2.46. The molecule has 20 heavy (non-hydrogen) atoms. The lowest BCUT2D eigenvalue weighted by Crippen LogP contribution is -2.11. The summed E-state index contributed by atoms with van der Waals surface area (Å²) in [6, 6.07) is 7.86. The maximum Gasteiger partial charge on any atom is 0.163 e. The zero-order valence-electron chi connectivity index (χ0n) is 12.0. The molecule has 2 rings (SSSR count). The number of aliphatic hydroxyl groups excluding tert-OH is 1. The predicted octanol–water partition coefficient (Wildman–Crippen LogP) is 3.11. The Morgan fingerprint density at radius 2 is 2.15 bits per heavy atom. The number of aromatic nitrogens is 2. The first kappa shape index (κ1) is 14.9. The first-order valence-corrected chi connectivity index (χ1v) is 7.86. The Bertz CT molecular complexity index is 569. The van der Waals surface area contributed by atoms with E-state index < -0.39 is 6.10 Å². The molecule has 1 aromatic heterocycles. The van der Waals surface area contributed by atoms with Crippen molar-refractivity contribution in [2.75, 3.05) is 13.4 Å². The molecule has 0 saturated carbocycles. The average Bonchev–Trinajstić information content (AvgIpc) is 2.89. The zero-order chi connectivity index (χ0) is 14.5. The molecule has 0 bridgehead atoms. The number of benzene rings is 1. The van der Waals surface area contributed by atoms with E-state index in [1.807, 2.05) is 35.2 Å². The van der Waals surface area contributed by atoms with Gasteiger partial charge in [0.15, 0.2) is 5.75 Å². The van der Waals surface area contributed by atoms with E-state index >= 15 is 0 Å². The SMILES string of the molecule is CCCn1ncc(OC)c1C(O)c1ccccc1SC. The minimum absolute atomic E-state index is 0.627. The summed E-state index contributed by atoms with van der Waals surface area (Å²) in [6.45, 7) is 2.84. The normalized spacial score (nSPS) is 12.4. The molecule has 108 valence electrons. The van der Waals surface area contributed by atoms with Gasteiger partial charge in [0.05, 0.1) is 13.3 Å². The summed E-state index contributed by atoms with van der Waals surface area (Å²) in [6.07, 6.45) is 3.89. The molecule has 0 amide bonds. The van der Waals surface area contributed by atoms with E-state index in [4.69, 9.17) is 4.74 Å². The van der Waals surface area contributed by atoms with Gasteiger partial charge in [0.25, 0.3) is 0 Å². The molecule has 0 saturated heterocycles. The van der Waals surface area contributed by atoms with Gasteiger partial charge in [-0.3, -0.25) is 4.68 Å². The molecule has 2 aromatic rings. The largest absolute Gasteiger partial charge is 0.493 e. The van der Waals surface area contributed by atoms with Crippen LogP contribution in [0.5, 0.6) is 5.75 Å². The van der Waals surface area contributed by atoms with Gasteiger partial charge in [0, 0.05) is 17.0 Å². The van der Waals surface area contributed by atoms with Crippen LogP contribution in [0.15, 0.2) is 35.4 Å². The summed E-state index contributed by atoms with van der Waals surface area (Å²) >= 11 is 1.62. The summed E-state index contributed by atoms with van der Waals surface area (Å²) in [5.41, 5.74) is 1.60. The van der Waals surface area contributed by atoms with Crippen LogP contribution in [-0.2, 0) is 6.54 Å². The summed E-state index contributed by atoms with van der Waals surface area (Å²) in [5.74, 6) is 0.627. The maximum absolute atomic E-state index is 10.8. The van der Waals surface area contributed by atoms with Gasteiger partial charge in [-0.1, -0.05) is 25.1 Å². The van der Waals surface area contributed by atoms with E-state index in [0.717, 1.165) is 29.1 Å². The van der Waals surface area contributed by atoms with Crippen LogP contribution >= 0.6 is 11.8 Å². The lowest BCUT2D eigenvalue weighted by atomic mass is 10.1. The van der Waals surface area contributed by atoms with Crippen molar-refractivity contribution in [1.82, 2.24) is 9.78 Å². The predicted molar refractivity (Wildman–Crippen MR) is 81.4 cm³/mol. The molecule has 0 spiro atoms. The second kappa shape index (κ2) is 6.81. The average molecular weight is 292 g/mol. The third-order valence-electron chi connectivity index (χ3n) is 3.19. The Morgan fingerprint density at radius 1 is 1.40 bits per heavy atom. The van der Waals surface area contributed by atoms with Crippen molar-refractivity contribution in [3.8, 4) is 5.75 Å². The number of aliphatic hydroxyl groups is 1. The topological polar surface area (TPSA) is 47.3 Å². The molecule has 0 aliphatic rings. The highest BCUT2D eigenvalue weighted by atomic mass is 32.2. The fraction of sp³-hybridized carbons (Fsp3) is 0.400. The third kappa shape index (κ3) is 2.83. The minimum atomic E-state index is -0.734. The van der Waals surface area contributed by atoms with E-state index in [1.54, 1.807) is 25.1 Å². The Kier molecular flexibility index (Phi) is 5.09. The Hall–Kier alpha value is -1.46. The van der Waals surface area contributed by atoms with E-state index in [1.165, 1.54) is 0 Å². The van der Waals surface area contributed by atoms with Crippen LogP contribution in [0.4, 0.5) is 0 Å². The molecule has 4 nitrogen and oxygen atoms in total. The second-order valence-corrected chi connectivity index (χ2v) is 5.31. The maximum atomic E-state index is 10.8. The van der Waals surface area contributed by atoms with Crippen molar-refractivity contribution < 1.29 is 9.84 Å². The van der Waals surface area contributed by atoms with Crippen LogP contribution < -0.4 is 4.74 Å². The number of thioether (sulfide) groups is 1. The highest BCUT2D eigenvalue weighted by Gasteiger charge is 2.23. The van der Waals surface area contributed by atoms with Crippen molar-refractivity contribution in [2.45, 2.75) is 30.9 Å². The van der Waals surface area contributed by atoms with Gasteiger partial charge < -0.3 is 9.84 Å². The van der Waals surface area contributed by atoms with Crippen LogP contribution in [0.3, 0.4) is 0 Å². The number of hydrogen-bond acceptors (Lipinski definition) is 4. The molecule has 1 N–H and O–H groups in total. The molecule has 0 fully saturated rings. The quantitative estimate of drug-likeness (QED) is 0.831. The fourth-order valence-corrected chi connectivity index (χ4v) is 2.87. The number of aryl methyl sites for hydroxylation is 1. The number of rotatable bonds is 6. The number of methoxy groups -OCH3 is 1. The highest BCUT2D eigenvalue weighted by Crippen LogP contribution is 2.34. The van der Waals surface area contributed by atoms with Gasteiger partial charge in [0.2, 0.25) is 0 Å². The van der Waals surface area contributed by atoms with Gasteiger partial charge in [-0.25, -0.2) is 0 Å². The van der Waals surface area contributed by atoms with Gasteiger partial charge in [-0.15, -0.1) is 11.8 Å². The summed E-state index contributed by atoms with van der Waals surface area (Å²) < 4.78 is 7.16. The third-order valence-corrected chi connectivity index (χ3v) is 4.00. The summed E-state index contributed by atoms with van der Waals surface area (Å²) in [7, 11) is 1.60. The minimum Gasteiger partial charge on any atom is -0.493 e. The molecule has 1 atom stereocenters. The summed E-state index contributed by atoms with van der Waals surface area (Å²) in [4.78, 5) is 1.06. The van der Waals surface area contributed by atoms with Crippen LogP contribution in [0.25, 0.3) is 0 Å². The monoisotopic (exact) mass is 292 g/mol. The zero-order valence-corrected chi connectivity index (χ0v) is 12.9. The smallest absolute Gasteiger partial charge is 0.163 e. The van der Waals surface area contributed by atoms with Crippen molar-refractivity contribution >= 4 is 11.8 Å². The van der Waals surface area contributed by atoms with Gasteiger partial charge in [-0.05, 0) is 18.7 Å². The fourth-order valence-electron chi connectivity index (χ4n) is 2.24. The van der Waals surface area contributed by atoms with E-state index in [0.29, 0.717) is 5.75 Å². The number of ether oxygens (including phenoxy) is 1. The lowest BCUT2D eigenvalue weighted by molar-refractivity contribution is 0.199. The first-order chi connectivity index (χ1) is 9.72. The highest BCUT2D eigenvalue weighted by molar-refractivity contribution is 7.98. The van der Waals surface area contributed by atoms with E-state index in [9.17, 15) is 5.11 Å². The summed E-state index contributed by atoms with van der Waals surface area (Å²) in [5, 5.41) is 15.1. The lowest BCUT2D eigenvalue weighted by Gasteiger charge is -2.17. The molecular weight excluding hydrogens is 272 g/mol. The second-order valence-electron chi connectivity index (χ2n) is 4.47. The van der Waals surface area contributed by atoms with Crippen LogP contribution in [0, 0.1) is 0 Å². The van der Waals surface area contributed by atoms with Crippen molar-refractivity contribution in [3.63, 3.8) is 0 Å². The molecule has 1 unspecified atom stereocenters. The Labute approximate surface area is 123 Å². The molecule has 1 aromatic carbocycles. The van der Waals surface area contributed by atoms with Gasteiger partial charge >= 0.3 is 0 Å². The number of nitrogens with zero attached hydrogens (tertiary/aromatic N) is 2. The molecular formula is C15H20N2O2S. The number of hydrogen-bond donors (Lipinski definition) is 1. The van der Waals surface area contributed by atoms with Gasteiger partial charge in [0.1, 0.15) is 11.8 Å². The van der Waals surface area contributed by atoms with E-state index in [-0.39, 0.29) is 0 Å². The van der Waals surface area contributed by atoms with Crippen molar-refractivity contribution in [3.05, 3.63) is 41.7 Å². The van der Waals surface area contributed by atoms with Gasteiger partial charge in [-0.2, -0.15) is 5.10 Å². The molecule has 0 aliphatic heterocycles. The first-order valence-electron chi connectivity index (χ1n) is 6.63. The van der Waals surface area contributed by atoms with Crippen LogP contribution in [-0.4, -0.2) is 28.3 Å². The molecule has 0 aliphatic carbocycles. The van der Waals surface area contributed by atoms with Crippen molar-refractivity contribution in [2.24, 2.45) is 0 Å². The molecule has 0 radical (unpaired) electrons. The van der Waals surface area contributed by atoms with E-state index in [2.05, 4.69) is 12.0 Å². The molecule has 5 heteroatoms. The standard InChI is InChI=1S/C15H20N2O2S/c1-4-9-17-14(12(19-2)10-16-17)15(18)11-7-5-6-8-13(11)20-3/h5-8,10,15,18H,4,9H2,1-3H3. The van der Waals surface area contributed by atoms with Crippen LogP contribution in [0.1, 0.15) is 30.7 Å².